The fourth-order valence-electron chi connectivity index (χ4n) is 2.72. The van der Waals surface area contributed by atoms with Crippen LogP contribution in [0.1, 0.15) is 11.5 Å². The van der Waals surface area contributed by atoms with Gasteiger partial charge in [0.05, 0.1) is 17.3 Å². The minimum absolute atomic E-state index is 0.188. The molecule has 22 heavy (non-hydrogen) atoms. The average molecular weight is 338 g/mol. The van der Waals surface area contributed by atoms with E-state index in [2.05, 4.69) is 0 Å². The molecule has 1 fully saturated rings. The van der Waals surface area contributed by atoms with E-state index in [1.54, 1.807) is 19.2 Å². The summed E-state index contributed by atoms with van der Waals surface area (Å²) in [6.07, 6.45) is 0. The van der Waals surface area contributed by atoms with Crippen LogP contribution in [0.5, 0.6) is 5.75 Å². The van der Waals surface area contributed by atoms with Gasteiger partial charge in [-0.1, -0.05) is 23.7 Å². The number of ether oxygens (including phenoxy) is 1. The molecule has 3 rings (SSSR count). The second kappa shape index (κ2) is 5.57. The Labute approximate surface area is 134 Å². The van der Waals surface area contributed by atoms with Crippen molar-refractivity contribution in [1.82, 2.24) is 0 Å². The van der Waals surface area contributed by atoms with Crippen LogP contribution in [-0.2, 0) is 9.84 Å². The predicted molar refractivity (Wildman–Crippen MR) is 86.1 cm³/mol. The highest BCUT2D eigenvalue weighted by Crippen LogP contribution is 2.47. The average Bonchev–Trinajstić information content (AvgIpc) is 3.20. The van der Waals surface area contributed by atoms with Gasteiger partial charge in [0.1, 0.15) is 5.75 Å². The summed E-state index contributed by atoms with van der Waals surface area (Å²) in [4.78, 5) is 0.258. The molecule has 0 unspecified atom stereocenters. The number of hydrogen-bond acceptors (Lipinski definition) is 4. The molecule has 2 N–H and O–H groups in total. The van der Waals surface area contributed by atoms with Crippen LogP contribution in [-0.4, -0.2) is 26.8 Å². The van der Waals surface area contributed by atoms with Crippen molar-refractivity contribution in [3.8, 4) is 5.75 Å². The number of sulfone groups is 1. The number of benzene rings is 2. The van der Waals surface area contributed by atoms with E-state index in [4.69, 9.17) is 22.1 Å². The molecule has 0 aromatic heterocycles. The Bertz CT molecular complexity index is 772. The van der Waals surface area contributed by atoms with Crippen LogP contribution in [0.15, 0.2) is 53.4 Å². The number of rotatable bonds is 4. The minimum Gasteiger partial charge on any atom is -0.497 e. The van der Waals surface area contributed by atoms with Gasteiger partial charge in [-0.05, 0) is 42.0 Å². The molecule has 6 heteroatoms. The van der Waals surface area contributed by atoms with Crippen molar-refractivity contribution < 1.29 is 13.2 Å². The molecule has 0 aliphatic heterocycles. The molecule has 4 nitrogen and oxygen atoms in total. The van der Waals surface area contributed by atoms with Gasteiger partial charge in [-0.25, -0.2) is 8.42 Å². The van der Waals surface area contributed by atoms with Gasteiger partial charge in [0.15, 0.2) is 9.84 Å². The maximum atomic E-state index is 12.7. The number of hydrogen-bond donors (Lipinski definition) is 1. The lowest BCUT2D eigenvalue weighted by Gasteiger charge is -2.05. The van der Waals surface area contributed by atoms with E-state index in [-0.39, 0.29) is 10.8 Å². The number of nitrogens with two attached hydrogens (primary N) is 1. The maximum absolute atomic E-state index is 12.7. The van der Waals surface area contributed by atoms with Crippen molar-refractivity contribution >= 4 is 21.4 Å². The van der Waals surface area contributed by atoms with Gasteiger partial charge in [0.25, 0.3) is 0 Å². The van der Waals surface area contributed by atoms with E-state index < -0.39 is 21.1 Å². The Hall–Kier alpha value is -1.56. The summed E-state index contributed by atoms with van der Waals surface area (Å²) in [5.74, 6) is 0.543. The quantitative estimate of drug-likeness (QED) is 0.931. The molecule has 0 bridgehead atoms. The van der Waals surface area contributed by atoms with Crippen molar-refractivity contribution in [3.05, 3.63) is 59.1 Å². The number of halogens is 1. The maximum Gasteiger partial charge on any atom is 0.183 e. The SMILES string of the molecule is COc1ccc([C@@H]2[C@H](N)[C@@H]2S(=O)(=O)c2ccc(Cl)cc2)cc1. The molecule has 2 aromatic rings. The standard InChI is InChI=1S/C16H16ClNO3S/c1-21-12-6-2-10(3-7-12)14-15(18)16(14)22(19,20)13-8-4-11(17)5-9-13/h2-9,14-16H,18H2,1H3/t14-,15+,16-/m1/s1. The predicted octanol–water partition coefficient (Wildman–Crippen LogP) is 2.62. The molecule has 0 amide bonds. The van der Waals surface area contributed by atoms with Crippen LogP contribution in [0.2, 0.25) is 5.02 Å². The highest BCUT2D eigenvalue weighted by molar-refractivity contribution is 7.92. The summed E-state index contributed by atoms with van der Waals surface area (Å²) in [5.41, 5.74) is 6.94. The summed E-state index contributed by atoms with van der Waals surface area (Å²) in [7, 11) is -1.87. The molecule has 0 radical (unpaired) electrons. The van der Waals surface area contributed by atoms with Gasteiger partial charge in [-0.15, -0.1) is 0 Å². The number of methoxy groups -OCH3 is 1. The second-order valence-electron chi connectivity index (χ2n) is 5.34. The monoisotopic (exact) mass is 337 g/mol. The first kappa shape index (κ1) is 15.3. The zero-order chi connectivity index (χ0) is 15.9. The van der Waals surface area contributed by atoms with Crippen molar-refractivity contribution in [2.45, 2.75) is 22.1 Å². The van der Waals surface area contributed by atoms with Gasteiger partial charge in [-0.2, -0.15) is 0 Å². The summed E-state index contributed by atoms with van der Waals surface area (Å²) in [6, 6.07) is 13.1. The van der Waals surface area contributed by atoms with Crippen LogP contribution in [0.3, 0.4) is 0 Å². The van der Waals surface area contributed by atoms with E-state index in [0.717, 1.165) is 11.3 Å². The third kappa shape index (κ3) is 2.60. The highest BCUT2D eigenvalue weighted by Gasteiger charge is 2.57. The fraction of sp³-hybridized carbons (Fsp3) is 0.250. The first-order chi connectivity index (χ1) is 10.4. The molecule has 116 valence electrons. The van der Waals surface area contributed by atoms with Crippen molar-refractivity contribution in [3.63, 3.8) is 0 Å². The molecule has 1 aliphatic carbocycles. The zero-order valence-electron chi connectivity index (χ0n) is 11.9. The summed E-state index contributed by atoms with van der Waals surface area (Å²) >= 11 is 5.81. The van der Waals surface area contributed by atoms with E-state index in [1.807, 2.05) is 24.3 Å². The minimum atomic E-state index is -3.46. The third-order valence-electron chi connectivity index (χ3n) is 4.01. The lowest BCUT2D eigenvalue weighted by Crippen LogP contribution is -2.15. The first-order valence-electron chi connectivity index (χ1n) is 6.84. The van der Waals surface area contributed by atoms with Gasteiger partial charge in [0, 0.05) is 17.0 Å². The lowest BCUT2D eigenvalue weighted by atomic mass is 10.1. The molecule has 0 saturated heterocycles. The van der Waals surface area contributed by atoms with Crippen LogP contribution >= 0.6 is 11.6 Å². The normalized spacial score (nSPS) is 24.0. The second-order valence-corrected chi connectivity index (χ2v) is 7.88. The van der Waals surface area contributed by atoms with E-state index in [9.17, 15) is 8.42 Å². The topological polar surface area (TPSA) is 69.4 Å². The van der Waals surface area contributed by atoms with Crippen LogP contribution in [0.4, 0.5) is 0 Å². The third-order valence-corrected chi connectivity index (χ3v) is 6.51. The van der Waals surface area contributed by atoms with E-state index in [0.29, 0.717) is 5.02 Å². The van der Waals surface area contributed by atoms with Gasteiger partial charge < -0.3 is 10.5 Å². The molecule has 1 aliphatic rings. The molecule has 0 heterocycles. The van der Waals surface area contributed by atoms with Crippen molar-refractivity contribution in [1.29, 1.82) is 0 Å². The van der Waals surface area contributed by atoms with Crippen molar-refractivity contribution in [2.24, 2.45) is 5.73 Å². The van der Waals surface area contributed by atoms with E-state index in [1.165, 1.54) is 12.1 Å². The molecule has 0 spiro atoms. The van der Waals surface area contributed by atoms with Crippen LogP contribution in [0.25, 0.3) is 0 Å². The van der Waals surface area contributed by atoms with E-state index >= 15 is 0 Å². The van der Waals surface area contributed by atoms with Crippen molar-refractivity contribution in [2.75, 3.05) is 7.11 Å². The molecule has 1 saturated carbocycles. The lowest BCUT2D eigenvalue weighted by molar-refractivity contribution is 0.414. The summed E-state index contributed by atoms with van der Waals surface area (Å²) < 4.78 is 30.5. The zero-order valence-corrected chi connectivity index (χ0v) is 13.5. The highest BCUT2D eigenvalue weighted by atomic mass is 35.5. The molecular formula is C16H16ClNO3S. The Kier molecular flexibility index (Phi) is 3.89. The van der Waals surface area contributed by atoms with Gasteiger partial charge in [0.2, 0.25) is 0 Å². The Morgan fingerprint density at radius 1 is 1.05 bits per heavy atom. The van der Waals surface area contributed by atoms with Gasteiger partial charge >= 0.3 is 0 Å². The van der Waals surface area contributed by atoms with Gasteiger partial charge in [-0.3, -0.25) is 0 Å². The molecule has 3 atom stereocenters. The first-order valence-corrected chi connectivity index (χ1v) is 8.76. The van der Waals surface area contributed by atoms with Crippen LogP contribution < -0.4 is 10.5 Å². The smallest absolute Gasteiger partial charge is 0.183 e. The largest absolute Gasteiger partial charge is 0.497 e. The van der Waals surface area contributed by atoms with Crippen LogP contribution in [0, 0.1) is 0 Å². The Morgan fingerprint density at radius 3 is 2.18 bits per heavy atom. The Balaban J connectivity index is 1.87. The summed E-state index contributed by atoms with van der Waals surface area (Å²) in [5, 5.41) is -0.0900. The summed E-state index contributed by atoms with van der Waals surface area (Å²) in [6.45, 7) is 0. The molecular weight excluding hydrogens is 322 g/mol. The fourth-order valence-corrected chi connectivity index (χ4v) is 4.90. The Morgan fingerprint density at radius 2 is 1.64 bits per heavy atom. The molecule has 2 aromatic carbocycles.